The van der Waals surface area contributed by atoms with E-state index in [1.807, 2.05) is 0 Å². The zero-order valence-electron chi connectivity index (χ0n) is 9.09. The number of quaternary nitrogens is 1. The van der Waals surface area contributed by atoms with Crippen molar-refractivity contribution in [2.45, 2.75) is 25.4 Å². The topological polar surface area (TPSA) is 24.7 Å². The van der Waals surface area contributed by atoms with E-state index < -0.39 is 6.10 Å². The van der Waals surface area contributed by atoms with Gasteiger partial charge in [0.15, 0.2) is 0 Å². The largest absolute Gasteiger partial charge is 0.380 e. The lowest BCUT2D eigenvalue weighted by Gasteiger charge is -2.19. The molecule has 2 heteroatoms. The van der Waals surface area contributed by atoms with Crippen LogP contribution in [0.15, 0.2) is 12.2 Å². The van der Waals surface area contributed by atoms with Gasteiger partial charge in [0.05, 0.1) is 14.1 Å². The Morgan fingerprint density at radius 1 is 1.50 bits per heavy atom. The summed E-state index contributed by atoms with van der Waals surface area (Å²) in [6.45, 7) is 0.805. The molecule has 78 valence electrons. The summed E-state index contributed by atoms with van der Waals surface area (Å²) in [5.41, 5.74) is 0. The maximum absolute atomic E-state index is 9.77. The van der Waals surface area contributed by atoms with Crippen LogP contribution >= 0.6 is 0 Å². The number of aliphatic hydroxyl groups excluding tert-OH is 1. The number of aliphatic hydroxyl groups is 1. The minimum atomic E-state index is -0.431. The van der Waals surface area contributed by atoms with Crippen molar-refractivity contribution < 1.29 is 10.0 Å². The number of hydrogen-bond donors (Lipinski definition) is 2. The molecule has 1 aliphatic rings. The van der Waals surface area contributed by atoms with E-state index in [0.29, 0.717) is 5.92 Å². The molecule has 2 nitrogen and oxygen atoms in total. The van der Waals surface area contributed by atoms with Crippen molar-refractivity contribution in [2.24, 2.45) is 5.92 Å². The van der Waals surface area contributed by atoms with E-state index in [1.54, 1.807) is 0 Å². The molecule has 14 heavy (non-hydrogen) atoms. The second kappa shape index (κ2) is 5.85. The highest BCUT2D eigenvalue weighted by Crippen LogP contribution is 2.21. The molecular weight excluding hydrogens is 174 g/mol. The molecule has 0 aromatic heterocycles. The second-order valence-electron chi connectivity index (χ2n) is 4.19. The smallest absolute Gasteiger partial charge is 0.139 e. The summed E-state index contributed by atoms with van der Waals surface area (Å²) in [6.07, 6.45) is 7.03. The van der Waals surface area contributed by atoms with Crippen molar-refractivity contribution in [1.82, 2.24) is 0 Å². The van der Waals surface area contributed by atoms with Gasteiger partial charge in [-0.05, 0) is 31.1 Å². The fraction of sp³-hybridized carbons (Fsp3) is 0.667. The van der Waals surface area contributed by atoms with Crippen molar-refractivity contribution in [3.63, 3.8) is 0 Å². The SMILES string of the molecule is C[NH+](C)CC#C[C@@H](O)[C@@H]1CC=CCC1. The van der Waals surface area contributed by atoms with Crippen LogP contribution in [-0.2, 0) is 0 Å². The molecule has 0 amide bonds. The molecule has 0 radical (unpaired) electrons. The van der Waals surface area contributed by atoms with Gasteiger partial charge in [-0.15, -0.1) is 0 Å². The third kappa shape index (κ3) is 3.95. The Kier molecular flexibility index (Phi) is 4.72. The monoisotopic (exact) mass is 194 g/mol. The summed E-state index contributed by atoms with van der Waals surface area (Å²) in [6, 6.07) is 0. The fourth-order valence-corrected chi connectivity index (χ4v) is 1.55. The molecule has 0 unspecified atom stereocenters. The number of hydrogen-bond acceptors (Lipinski definition) is 1. The molecule has 1 rings (SSSR count). The predicted molar refractivity (Wildman–Crippen MR) is 57.9 cm³/mol. The Morgan fingerprint density at radius 3 is 2.86 bits per heavy atom. The molecule has 0 aromatic carbocycles. The molecule has 0 aliphatic heterocycles. The van der Waals surface area contributed by atoms with E-state index in [1.165, 1.54) is 4.90 Å². The summed E-state index contributed by atoms with van der Waals surface area (Å²) in [4.78, 5) is 1.30. The Morgan fingerprint density at radius 2 is 2.29 bits per heavy atom. The Hall–Kier alpha value is -0.780. The maximum atomic E-state index is 9.77. The molecule has 0 saturated heterocycles. The van der Waals surface area contributed by atoms with E-state index in [2.05, 4.69) is 38.1 Å². The zero-order valence-corrected chi connectivity index (χ0v) is 9.09. The highest BCUT2D eigenvalue weighted by Gasteiger charge is 2.16. The summed E-state index contributed by atoms with van der Waals surface area (Å²) >= 11 is 0. The maximum Gasteiger partial charge on any atom is 0.139 e. The molecule has 2 atom stereocenters. The molecule has 0 saturated carbocycles. The predicted octanol–water partition coefficient (Wildman–Crippen LogP) is -0.148. The van der Waals surface area contributed by atoms with Crippen molar-refractivity contribution in [1.29, 1.82) is 0 Å². The van der Waals surface area contributed by atoms with Crippen molar-refractivity contribution in [2.75, 3.05) is 20.6 Å². The molecule has 0 heterocycles. The van der Waals surface area contributed by atoms with Crippen LogP contribution in [0, 0.1) is 17.8 Å². The van der Waals surface area contributed by atoms with Gasteiger partial charge in [-0.3, -0.25) is 0 Å². The van der Waals surface area contributed by atoms with Crippen LogP contribution in [0.2, 0.25) is 0 Å². The van der Waals surface area contributed by atoms with Crippen molar-refractivity contribution in [3.05, 3.63) is 12.2 Å². The van der Waals surface area contributed by atoms with E-state index >= 15 is 0 Å². The number of rotatable bonds is 2. The lowest BCUT2D eigenvalue weighted by atomic mass is 9.90. The molecule has 0 bridgehead atoms. The normalized spacial score (nSPS) is 23.0. The first-order valence-corrected chi connectivity index (χ1v) is 5.30. The molecule has 2 N–H and O–H groups in total. The lowest BCUT2D eigenvalue weighted by molar-refractivity contribution is -0.850. The van der Waals surface area contributed by atoms with Crippen LogP contribution in [0.25, 0.3) is 0 Å². The Balaban J connectivity index is 2.35. The summed E-state index contributed by atoms with van der Waals surface area (Å²) < 4.78 is 0. The average molecular weight is 194 g/mol. The van der Waals surface area contributed by atoms with Gasteiger partial charge in [-0.2, -0.15) is 0 Å². The van der Waals surface area contributed by atoms with Crippen LogP contribution in [0.1, 0.15) is 19.3 Å². The van der Waals surface area contributed by atoms with Crippen LogP contribution in [0.5, 0.6) is 0 Å². The second-order valence-corrected chi connectivity index (χ2v) is 4.19. The molecule has 1 aliphatic carbocycles. The zero-order chi connectivity index (χ0) is 10.4. The third-order valence-corrected chi connectivity index (χ3v) is 2.45. The third-order valence-electron chi connectivity index (χ3n) is 2.45. The standard InChI is InChI=1S/C12H19NO/c1-13(2)10-6-9-12(14)11-7-4-3-5-8-11/h3-4,11-12,14H,5,7-8,10H2,1-2H3/p+1/t11-,12-/m1/s1. The molecule has 0 spiro atoms. The lowest BCUT2D eigenvalue weighted by Crippen LogP contribution is -3.05. The van der Waals surface area contributed by atoms with Crippen molar-refractivity contribution in [3.8, 4) is 11.8 Å². The number of nitrogens with one attached hydrogen (secondary N) is 1. The van der Waals surface area contributed by atoms with Crippen LogP contribution in [0.3, 0.4) is 0 Å². The van der Waals surface area contributed by atoms with Gasteiger partial charge in [-0.25, -0.2) is 0 Å². The average Bonchev–Trinajstić information content (AvgIpc) is 2.18. The highest BCUT2D eigenvalue weighted by molar-refractivity contribution is 5.08. The molecule has 0 aromatic rings. The van der Waals surface area contributed by atoms with E-state index in [0.717, 1.165) is 25.8 Å². The molecular formula is C12H20NO+. The Bertz CT molecular complexity index is 247. The van der Waals surface area contributed by atoms with Gasteiger partial charge in [0.2, 0.25) is 0 Å². The van der Waals surface area contributed by atoms with Crippen LogP contribution in [-0.4, -0.2) is 31.9 Å². The van der Waals surface area contributed by atoms with Gasteiger partial charge >= 0.3 is 0 Å². The van der Waals surface area contributed by atoms with Gasteiger partial charge in [0.1, 0.15) is 12.6 Å². The van der Waals surface area contributed by atoms with E-state index in [4.69, 9.17) is 0 Å². The highest BCUT2D eigenvalue weighted by atomic mass is 16.3. The van der Waals surface area contributed by atoms with Crippen LogP contribution < -0.4 is 4.90 Å². The molecule has 0 fully saturated rings. The van der Waals surface area contributed by atoms with Gasteiger partial charge < -0.3 is 10.0 Å². The summed E-state index contributed by atoms with van der Waals surface area (Å²) in [5, 5.41) is 9.77. The van der Waals surface area contributed by atoms with Gasteiger partial charge in [-0.1, -0.05) is 18.1 Å². The van der Waals surface area contributed by atoms with Crippen LogP contribution in [0.4, 0.5) is 0 Å². The van der Waals surface area contributed by atoms with E-state index in [9.17, 15) is 5.11 Å². The quantitative estimate of drug-likeness (QED) is 0.464. The van der Waals surface area contributed by atoms with E-state index in [-0.39, 0.29) is 0 Å². The fourth-order valence-electron chi connectivity index (χ4n) is 1.55. The first-order chi connectivity index (χ1) is 6.70. The first-order valence-electron chi connectivity index (χ1n) is 5.30. The summed E-state index contributed by atoms with van der Waals surface area (Å²) in [7, 11) is 4.12. The van der Waals surface area contributed by atoms with Gasteiger partial charge in [0.25, 0.3) is 0 Å². The Labute approximate surface area is 86.6 Å². The summed E-state index contributed by atoms with van der Waals surface area (Å²) in [5.74, 6) is 6.31. The van der Waals surface area contributed by atoms with Gasteiger partial charge in [0, 0.05) is 0 Å². The number of allylic oxidation sites excluding steroid dienone is 2. The minimum absolute atomic E-state index is 0.352. The minimum Gasteiger partial charge on any atom is -0.380 e. The first kappa shape index (κ1) is 11.3. The van der Waals surface area contributed by atoms with Crippen molar-refractivity contribution >= 4 is 0 Å².